The second kappa shape index (κ2) is 10.9. The SMILES string of the molecule is CCOC(=O)C(CCc1ccccc1)N(C)C(C)C(=O)N1C(C(=O)O)CC2CCCCC21. The first kappa shape index (κ1) is 24.2. The monoisotopic (exact) mass is 444 g/mol. The van der Waals surface area contributed by atoms with Crippen LogP contribution in [0.3, 0.4) is 0 Å². The Hall–Kier alpha value is -2.41. The molecule has 1 saturated carbocycles. The number of hydrogen-bond donors (Lipinski definition) is 1. The number of aliphatic carboxylic acids is 1. The van der Waals surface area contributed by atoms with Crippen molar-refractivity contribution in [2.75, 3.05) is 13.7 Å². The van der Waals surface area contributed by atoms with Crippen molar-refractivity contribution in [1.82, 2.24) is 9.80 Å². The van der Waals surface area contributed by atoms with Crippen molar-refractivity contribution in [2.24, 2.45) is 5.92 Å². The molecule has 0 aromatic heterocycles. The number of nitrogens with zero attached hydrogens (tertiary/aromatic N) is 2. The van der Waals surface area contributed by atoms with E-state index < -0.39 is 24.1 Å². The molecule has 1 aliphatic carbocycles. The Kier molecular flexibility index (Phi) is 8.29. The minimum atomic E-state index is -0.936. The molecule has 1 aliphatic heterocycles. The number of fused-ring (bicyclic) bond motifs is 1. The third-order valence-corrected chi connectivity index (χ3v) is 7.20. The Balaban J connectivity index is 1.76. The van der Waals surface area contributed by atoms with Gasteiger partial charge in [0, 0.05) is 6.04 Å². The molecule has 5 unspecified atom stereocenters. The van der Waals surface area contributed by atoms with Crippen molar-refractivity contribution in [3.05, 3.63) is 35.9 Å². The highest BCUT2D eigenvalue weighted by molar-refractivity contribution is 5.88. The van der Waals surface area contributed by atoms with Gasteiger partial charge < -0.3 is 14.7 Å². The van der Waals surface area contributed by atoms with Gasteiger partial charge in [-0.05, 0) is 64.5 Å². The second-order valence-corrected chi connectivity index (χ2v) is 9.08. The number of likely N-dealkylation sites (tertiary alicyclic amines) is 1. The van der Waals surface area contributed by atoms with E-state index in [-0.39, 0.29) is 30.4 Å². The third-order valence-electron chi connectivity index (χ3n) is 7.20. The number of aryl methyl sites for hydroxylation is 1. The van der Waals surface area contributed by atoms with Crippen LogP contribution in [0.2, 0.25) is 0 Å². The Labute approximate surface area is 190 Å². The van der Waals surface area contributed by atoms with E-state index in [1.165, 1.54) is 0 Å². The van der Waals surface area contributed by atoms with Crippen molar-refractivity contribution in [3.8, 4) is 0 Å². The number of carbonyl (C=O) groups is 3. The molecule has 0 radical (unpaired) electrons. The standard InChI is InChI=1S/C25H36N2O5/c1-4-32-25(31)21(15-14-18-10-6-5-7-11-18)26(3)17(2)23(28)27-20-13-9-8-12-19(20)16-22(27)24(29)30/h5-7,10-11,17,19-22H,4,8-9,12-16H2,1-3H3,(H,29,30). The molecule has 1 saturated heterocycles. The number of amides is 1. The summed E-state index contributed by atoms with van der Waals surface area (Å²) in [5.41, 5.74) is 1.12. The molecule has 7 heteroatoms. The summed E-state index contributed by atoms with van der Waals surface area (Å²) in [6.07, 6.45) is 5.67. The summed E-state index contributed by atoms with van der Waals surface area (Å²) in [6.45, 7) is 3.81. The molecule has 7 nitrogen and oxygen atoms in total. The van der Waals surface area contributed by atoms with Crippen LogP contribution in [0.15, 0.2) is 30.3 Å². The number of carboxylic acids is 1. The number of ether oxygens (including phenoxy) is 1. The first-order chi connectivity index (χ1) is 15.3. The van der Waals surface area contributed by atoms with Crippen molar-refractivity contribution >= 4 is 17.8 Å². The van der Waals surface area contributed by atoms with Gasteiger partial charge in [0.05, 0.1) is 12.6 Å². The Morgan fingerprint density at radius 3 is 2.53 bits per heavy atom. The van der Waals surface area contributed by atoms with Gasteiger partial charge >= 0.3 is 11.9 Å². The molecule has 1 heterocycles. The van der Waals surface area contributed by atoms with Crippen LogP contribution in [0.1, 0.15) is 57.9 Å². The number of benzene rings is 1. The molecule has 3 rings (SSSR count). The number of carbonyl (C=O) groups excluding carboxylic acids is 2. The number of carboxylic acid groups (broad SMARTS) is 1. The molecule has 1 N–H and O–H groups in total. The van der Waals surface area contributed by atoms with Gasteiger partial charge in [-0.25, -0.2) is 4.79 Å². The van der Waals surface area contributed by atoms with Crippen LogP contribution in [0, 0.1) is 5.92 Å². The first-order valence-electron chi connectivity index (χ1n) is 11.8. The van der Waals surface area contributed by atoms with Crippen LogP contribution >= 0.6 is 0 Å². The van der Waals surface area contributed by atoms with Gasteiger partial charge in [0.25, 0.3) is 0 Å². The van der Waals surface area contributed by atoms with E-state index in [9.17, 15) is 19.5 Å². The van der Waals surface area contributed by atoms with E-state index in [4.69, 9.17) is 4.74 Å². The Bertz CT molecular complexity index is 799. The van der Waals surface area contributed by atoms with Crippen LogP contribution in [0.25, 0.3) is 0 Å². The zero-order chi connectivity index (χ0) is 23.3. The zero-order valence-electron chi connectivity index (χ0n) is 19.4. The molecule has 1 amide bonds. The lowest BCUT2D eigenvalue weighted by molar-refractivity contribution is -0.156. The molecule has 0 bridgehead atoms. The summed E-state index contributed by atoms with van der Waals surface area (Å²) in [5, 5.41) is 9.80. The third kappa shape index (κ3) is 5.31. The average Bonchev–Trinajstić information content (AvgIpc) is 3.19. The highest BCUT2D eigenvalue weighted by Gasteiger charge is 2.49. The summed E-state index contributed by atoms with van der Waals surface area (Å²) in [4.78, 5) is 41.7. The second-order valence-electron chi connectivity index (χ2n) is 9.08. The van der Waals surface area contributed by atoms with Crippen molar-refractivity contribution in [3.63, 3.8) is 0 Å². The molecule has 32 heavy (non-hydrogen) atoms. The maximum Gasteiger partial charge on any atom is 0.326 e. The fourth-order valence-electron chi connectivity index (χ4n) is 5.33. The zero-order valence-corrected chi connectivity index (χ0v) is 19.4. The van der Waals surface area contributed by atoms with E-state index in [0.29, 0.717) is 19.3 Å². The van der Waals surface area contributed by atoms with Crippen LogP contribution < -0.4 is 0 Å². The van der Waals surface area contributed by atoms with Gasteiger partial charge in [0.1, 0.15) is 12.1 Å². The van der Waals surface area contributed by atoms with Crippen LogP contribution in [-0.4, -0.2) is 70.6 Å². The normalized spacial score (nSPS) is 24.6. The van der Waals surface area contributed by atoms with Crippen LogP contribution in [-0.2, 0) is 25.5 Å². The summed E-state index contributed by atoms with van der Waals surface area (Å²) >= 11 is 0. The predicted molar refractivity (Wildman–Crippen MR) is 121 cm³/mol. The van der Waals surface area contributed by atoms with Gasteiger partial charge in [-0.1, -0.05) is 43.2 Å². The maximum absolute atomic E-state index is 13.6. The molecule has 1 aromatic carbocycles. The van der Waals surface area contributed by atoms with E-state index in [0.717, 1.165) is 31.2 Å². The molecule has 2 aliphatic rings. The van der Waals surface area contributed by atoms with E-state index in [1.807, 2.05) is 30.3 Å². The van der Waals surface area contributed by atoms with Gasteiger partial charge in [-0.2, -0.15) is 0 Å². The minimum absolute atomic E-state index is 0.0152. The highest BCUT2D eigenvalue weighted by atomic mass is 16.5. The number of esters is 1. The number of rotatable bonds is 9. The summed E-state index contributed by atoms with van der Waals surface area (Å²) in [6, 6.07) is 7.91. The summed E-state index contributed by atoms with van der Waals surface area (Å²) in [7, 11) is 1.76. The van der Waals surface area contributed by atoms with Gasteiger partial charge in [0.2, 0.25) is 5.91 Å². The van der Waals surface area contributed by atoms with E-state index >= 15 is 0 Å². The maximum atomic E-state index is 13.6. The molecule has 0 spiro atoms. The minimum Gasteiger partial charge on any atom is -0.480 e. The molecular formula is C25H36N2O5. The number of likely N-dealkylation sites (N-methyl/N-ethyl adjacent to an activating group) is 1. The molecule has 176 valence electrons. The smallest absolute Gasteiger partial charge is 0.326 e. The Morgan fingerprint density at radius 2 is 1.88 bits per heavy atom. The topological polar surface area (TPSA) is 87.2 Å². The number of hydrogen-bond acceptors (Lipinski definition) is 5. The molecule has 5 atom stereocenters. The van der Waals surface area contributed by atoms with Crippen molar-refractivity contribution < 1.29 is 24.2 Å². The quantitative estimate of drug-likeness (QED) is 0.589. The van der Waals surface area contributed by atoms with Crippen LogP contribution in [0.4, 0.5) is 0 Å². The van der Waals surface area contributed by atoms with Crippen LogP contribution in [0.5, 0.6) is 0 Å². The van der Waals surface area contributed by atoms with Gasteiger partial charge in [-0.3, -0.25) is 14.5 Å². The fraction of sp³-hybridized carbons (Fsp3) is 0.640. The largest absolute Gasteiger partial charge is 0.480 e. The van der Waals surface area contributed by atoms with Crippen molar-refractivity contribution in [1.29, 1.82) is 0 Å². The Morgan fingerprint density at radius 1 is 1.19 bits per heavy atom. The van der Waals surface area contributed by atoms with Crippen molar-refractivity contribution in [2.45, 2.75) is 83.0 Å². The highest BCUT2D eigenvalue weighted by Crippen LogP contribution is 2.40. The fourth-order valence-corrected chi connectivity index (χ4v) is 5.33. The van der Waals surface area contributed by atoms with Gasteiger partial charge in [-0.15, -0.1) is 0 Å². The summed E-state index contributed by atoms with van der Waals surface area (Å²) < 4.78 is 5.31. The average molecular weight is 445 g/mol. The first-order valence-corrected chi connectivity index (χ1v) is 11.8. The molecule has 1 aromatic rings. The summed E-state index contributed by atoms with van der Waals surface area (Å²) in [5.74, 6) is -1.24. The lowest BCUT2D eigenvalue weighted by Crippen LogP contribution is -2.56. The predicted octanol–water partition coefficient (Wildman–Crippen LogP) is 3.12. The molecular weight excluding hydrogens is 408 g/mol. The molecule has 2 fully saturated rings. The lowest BCUT2D eigenvalue weighted by atomic mass is 9.84. The van der Waals surface area contributed by atoms with Gasteiger partial charge in [0.15, 0.2) is 0 Å². The lowest BCUT2D eigenvalue weighted by Gasteiger charge is -2.38. The van der Waals surface area contributed by atoms with E-state index in [1.54, 1.807) is 30.7 Å². The van der Waals surface area contributed by atoms with E-state index in [2.05, 4.69) is 0 Å².